The van der Waals surface area contributed by atoms with E-state index in [0.717, 1.165) is 18.8 Å². The lowest BCUT2D eigenvalue weighted by Gasteiger charge is -2.29. The molecule has 1 heterocycles. The molecular formula is C12H14N2O4. The first-order chi connectivity index (χ1) is 8.72. The molecule has 0 saturated carbocycles. The summed E-state index contributed by atoms with van der Waals surface area (Å²) < 4.78 is 5.25. The Morgan fingerprint density at radius 3 is 2.72 bits per heavy atom. The molecule has 2 N–H and O–H groups in total. The highest BCUT2D eigenvalue weighted by Gasteiger charge is 2.15. The zero-order valence-corrected chi connectivity index (χ0v) is 9.76. The van der Waals surface area contributed by atoms with E-state index in [9.17, 15) is 9.59 Å². The number of nitrogens with zero attached hydrogens (tertiary/aromatic N) is 1. The van der Waals surface area contributed by atoms with Crippen LogP contribution in [0.2, 0.25) is 0 Å². The number of hydrogen-bond acceptors (Lipinski definition) is 4. The van der Waals surface area contributed by atoms with Gasteiger partial charge in [-0.3, -0.25) is 4.79 Å². The van der Waals surface area contributed by atoms with Gasteiger partial charge in [-0.1, -0.05) is 0 Å². The second-order valence-electron chi connectivity index (χ2n) is 3.90. The summed E-state index contributed by atoms with van der Waals surface area (Å²) in [5, 5.41) is 11.4. The van der Waals surface area contributed by atoms with Crippen LogP contribution < -0.4 is 10.2 Å². The Hall–Kier alpha value is -2.08. The lowest BCUT2D eigenvalue weighted by molar-refractivity contribution is -0.105. The van der Waals surface area contributed by atoms with Crippen LogP contribution in [-0.2, 0) is 9.53 Å². The standard InChI is InChI=1S/C12H14N2O4/c15-8-13-11-7-9(1-2-10(11)12(16)17)14-3-5-18-6-4-14/h1-2,7-8H,3-6H2,(H,13,15)(H,16,17). The first-order valence-electron chi connectivity index (χ1n) is 5.62. The molecule has 0 unspecified atom stereocenters. The number of anilines is 2. The Balaban J connectivity index is 2.29. The van der Waals surface area contributed by atoms with Crippen molar-refractivity contribution in [3.05, 3.63) is 23.8 Å². The minimum atomic E-state index is -1.06. The summed E-state index contributed by atoms with van der Waals surface area (Å²) in [7, 11) is 0. The number of rotatable bonds is 4. The molecule has 1 amide bonds. The average molecular weight is 250 g/mol. The molecule has 1 fully saturated rings. The molecule has 0 bridgehead atoms. The molecule has 0 spiro atoms. The van der Waals surface area contributed by atoms with Gasteiger partial charge in [0.05, 0.1) is 24.5 Å². The first kappa shape index (κ1) is 12.4. The van der Waals surface area contributed by atoms with Crippen LogP contribution in [0.3, 0.4) is 0 Å². The number of morpholine rings is 1. The first-order valence-corrected chi connectivity index (χ1v) is 5.62. The lowest BCUT2D eigenvalue weighted by Crippen LogP contribution is -2.36. The lowest BCUT2D eigenvalue weighted by atomic mass is 10.1. The normalized spacial score (nSPS) is 15.2. The number of ether oxygens (including phenoxy) is 1. The SMILES string of the molecule is O=CNc1cc(N2CCOCC2)ccc1C(=O)O. The fourth-order valence-corrected chi connectivity index (χ4v) is 1.92. The fourth-order valence-electron chi connectivity index (χ4n) is 1.92. The molecule has 96 valence electrons. The molecular weight excluding hydrogens is 236 g/mol. The smallest absolute Gasteiger partial charge is 0.337 e. The maximum Gasteiger partial charge on any atom is 0.337 e. The average Bonchev–Trinajstić information content (AvgIpc) is 2.40. The van der Waals surface area contributed by atoms with Crippen molar-refractivity contribution in [2.45, 2.75) is 0 Å². The second kappa shape index (κ2) is 5.50. The Kier molecular flexibility index (Phi) is 3.78. The number of benzene rings is 1. The molecule has 1 aliphatic heterocycles. The molecule has 1 aromatic carbocycles. The van der Waals surface area contributed by atoms with Gasteiger partial charge in [0.1, 0.15) is 0 Å². The minimum absolute atomic E-state index is 0.0825. The van der Waals surface area contributed by atoms with E-state index in [1.54, 1.807) is 12.1 Å². The van der Waals surface area contributed by atoms with Crippen LogP contribution in [0.1, 0.15) is 10.4 Å². The van der Waals surface area contributed by atoms with Gasteiger partial charge in [0, 0.05) is 18.8 Å². The summed E-state index contributed by atoms with van der Waals surface area (Å²) >= 11 is 0. The van der Waals surface area contributed by atoms with Gasteiger partial charge in [0.25, 0.3) is 0 Å². The predicted molar refractivity (Wildman–Crippen MR) is 66.1 cm³/mol. The predicted octanol–water partition coefficient (Wildman–Crippen LogP) is 0.790. The molecule has 6 heteroatoms. The number of carboxylic acids is 1. The summed E-state index contributed by atoms with van der Waals surface area (Å²) in [5.41, 5.74) is 1.27. The Morgan fingerprint density at radius 2 is 2.11 bits per heavy atom. The molecule has 0 aromatic heterocycles. The van der Waals surface area contributed by atoms with Crippen LogP contribution in [0.5, 0.6) is 0 Å². The van der Waals surface area contributed by atoms with Crippen molar-refractivity contribution in [3.8, 4) is 0 Å². The van der Waals surface area contributed by atoms with Gasteiger partial charge in [-0.05, 0) is 18.2 Å². The number of aromatic carboxylic acids is 1. The van der Waals surface area contributed by atoms with Gasteiger partial charge in [-0.15, -0.1) is 0 Å². The van der Waals surface area contributed by atoms with Gasteiger partial charge in [-0.2, -0.15) is 0 Å². The number of carboxylic acid groups (broad SMARTS) is 1. The van der Waals surface area contributed by atoms with E-state index in [2.05, 4.69) is 10.2 Å². The molecule has 18 heavy (non-hydrogen) atoms. The quantitative estimate of drug-likeness (QED) is 0.772. The third-order valence-corrected chi connectivity index (χ3v) is 2.82. The molecule has 2 rings (SSSR count). The Morgan fingerprint density at radius 1 is 1.39 bits per heavy atom. The van der Waals surface area contributed by atoms with Crippen molar-refractivity contribution >= 4 is 23.8 Å². The van der Waals surface area contributed by atoms with Crippen molar-refractivity contribution in [2.24, 2.45) is 0 Å². The van der Waals surface area contributed by atoms with Crippen LogP contribution in [0.25, 0.3) is 0 Å². The van der Waals surface area contributed by atoms with Gasteiger partial charge >= 0.3 is 5.97 Å². The third kappa shape index (κ3) is 2.60. The van der Waals surface area contributed by atoms with Crippen molar-refractivity contribution < 1.29 is 19.4 Å². The highest BCUT2D eigenvalue weighted by molar-refractivity contribution is 5.97. The van der Waals surface area contributed by atoms with Crippen LogP contribution in [-0.4, -0.2) is 43.8 Å². The van der Waals surface area contributed by atoms with E-state index in [1.807, 2.05) is 0 Å². The van der Waals surface area contributed by atoms with E-state index >= 15 is 0 Å². The van der Waals surface area contributed by atoms with Gasteiger partial charge in [0.15, 0.2) is 0 Å². The van der Waals surface area contributed by atoms with Crippen molar-refractivity contribution in [1.29, 1.82) is 0 Å². The van der Waals surface area contributed by atoms with Crippen molar-refractivity contribution in [2.75, 3.05) is 36.5 Å². The van der Waals surface area contributed by atoms with E-state index in [4.69, 9.17) is 9.84 Å². The summed E-state index contributed by atoms with van der Waals surface area (Å²) in [6.45, 7) is 2.81. The largest absolute Gasteiger partial charge is 0.478 e. The number of nitrogens with one attached hydrogen (secondary N) is 1. The number of carbonyl (C=O) groups is 2. The molecule has 6 nitrogen and oxygen atoms in total. The molecule has 0 atom stereocenters. The number of carbonyl (C=O) groups excluding carboxylic acids is 1. The van der Waals surface area contributed by atoms with Gasteiger partial charge < -0.3 is 20.1 Å². The monoisotopic (exact) mass is 250 g/mol. The van der Waals surface area contributed by atoms with Crippen molar-refractivity contribution in [1.82, 2.24) is 0 Å². The summed E-state index contributed by atoms with van der Waals surface area (Å²) in [6.07, 6.45) is 0.477. The molecule has 1 aliphatic rings. The number of amides is 1. The van der Waals surface area contributed by atoms with E-state index in [-0.39, 0.29) is 5.56 Å². The third-order valence-electron chi connectivity index (χ3n) is 2.82. The summed E-state index contributed by atoms with van der Waals surface area (Å²) in [6, 6.07) is 4.91. The molecule has 0 radical (unpaired) electrons. The Bertz CT molecular complexity index is 455. The summed E-state index contributed by atoms with van der Waals surface area (Å²) in [5.74, 6) is -1.06. The van der Waals surface area contributed by atoms with E-state index in [0.29, 0.717) is 25.3 Å². The second-order valence-corrected chi connectivity index (χ2v) is 3.90. The van der Waals surface area contributed by atoms with Crippen LogP contribution in [0.15, 0.2) is 18.2 Å². The topological polar surface area (TPSA) is 78.9 Å². The van der Waals surface area contributed by atoms with Crippen LogP contribution in [0.4, 0.5) is 11.4 Å². The maximum absolute atomic E-state index is 11.0. The number of hydrogen-bond donors (Lipinski definition) is 2. The molecule has 1 saturated heterocycles. The van der Waals surface area contributed by atoms with Crippen molar-refractivity contribution in [3.63, 3.8) is 0 Å². The summed E-state index contributed by atoms with van der Waals surface area (Å²) in [4.78, 5) is 23.6. The maximum atomic E-state index is 11.0. The minimum Gasteiger partial charge on any atom is -0.478 e. The van der Waals surface area contributed by atoms with E-state index in [1.165, 1.54) is 6.07 Å². The van der Waals surface area contributed by atoms with Gasteiger partial charge in [-0.25, -0.2) is 4.79 Å². The zero-order valence-electron chi connectivity index (χ0n) is 9.76. The van der Waals surface area contributed by atoms with Crippen LogP contribution in [0, 0.1) is 0 Å². The fraction of sp³-hybridized carbons (Fsp3) is 0.333. The molecule has 0 aliphatic carbocycles. The molecule has 1 aromatic rings. The van der Waals surface area contributed by atoms with Crippen LogP contribution >= 0.6 is 0 Å². The highest BCUT2D eigenvalue weighted by atomic mass is 16.5. The zero-order chi connectivity index (χ0) is 13.0. The van der Waals surface area contributed by atoms with E-state index < -0.39 is 5.97 Å². The highest BCUT2D eigenvalue weighted by Crippen LogP contribution is 2.24. The Labute approximate surface area is 104 Å². The van der Waals surface area contributed by atoms with Gasteiger partial charge in [0.2, 0.25) is 6.41 Å².